The summed E-state index contributed by atoms with van der Waals surface area (Å²) in [7, 11) is 3.86. The largest absolute Gasteiger partial charge is 0.372 e. The number of rotatable bonds is 3. The Morgan fingerprint density at radius 3 is 2.53 bits per heavy atom. The minimum atomic E-state index is 0.547. The van der Waals surface area contributed by atoms with Gasteiger partial charge in [-0.1, -0.05) is 36.0 Å². The van der Waals surface area contributed by atoms with Crippen molar-refractivity contribution < 1.29 is 0 Å². The van der Waals surface area contributed by atoms with Gasteiger partial charge in [-0.15, -0.1) is 0 Å². The van der Waals surface area contributed by atoms with E-state index in [1.165, 1.54) is 25.7 Å². The van der Waals surface area contributed by atoms with Gasteiger partial charge in [-0.2, -0.15) is 0 Å². The molecule has 0 spiro atoms. The predicted molar refractivity (Wildman–Crippen MR) is 74.5 cm³/mol. The summed E-state index contributed by atoms with van der Waals surface area (Å²) in [6.07, 6.45) is 5.01. The van der Waals surface area contributed by atoms with Crippen molar-refractivity contribution in [3.05, 3.63) is 16.1 Å². The standard InChI is InChI=1S/C12H17Cl2N3/c1-15-11-9(13)7-10(14)12(16-11)17(2)8-5-3-4-6-8/h7-8H,3-6H2,1-2H3,(H,15,16). The molecule has 0 aromatic carbocycles. The molecule has 17 heavy (non-hydrogen) atoms. The van der Waals surface area contributed by atoms with Gasteiger partial charge in [0.15, 0.2) is 0 Å². The Hall–Kier alpha value is -0.670. The number of pyridine rings is 1. The van der Waals surface area contributed by atoms with Crippen molar-refractivity contribution in [2.45, 2.75) is 31.7 Å². The molecule has 1 fully saturated rings. The molecule has 1 aromatic rings. The Balaban J connectivity index is 2.30. The van der Waals surface area contributed by atoms with Crippen LogP contribution in [0.4, 0.5) is 11.6 Å². The van der Waals surface area contributed by atoms with Crippen LogP contribution in [0.1, 0.15) is 25.7 Å². The van der Waals surface area contributed by atoms with E-state index in [4.69, 9.17) is 23.2 Å². The van der Waals surface area contributed by atoms with Gasteiger partial charge in [-0.3, -0.25) is 0 Å². The van der Waals surface area contributed by atoms with Crippen LogP contribution in [0.25, 0.3) is 0 Å². The normalized spacial score (nSPS) is 16.2. The van der Waals surface area contributed by atoms with Crippen molar-refractivity contribution in [1.82, 2.24) is 4.98 Å². The molecule has 0 amide bonds. The van der Waals surface area contributed by atoms with Gasteiger partial charge < -0.3 is 10.2 Å². The SMILES string of the molecule is CNc1nc(N(C)C2CCCC2)c(Cl)cc1Cl. The minimum absolute atomic E-state index is 0.547. The molecule has 0 atom stereocenters. The fraction of sp³-hybridized carbons (Fsp3) is 0.583. The second kappa shape index (κ2) is 5.32. The molecule has 2 rings (SSSR count). The molecule has 0 unspecified atom stereocenters. The average molecular weight is 274 g/mol. The molecular formula is C12H17Cl2N3. The number of hydrogen-bond acceptors (Lipinski definition) is 3. The lowest BCUT2D eigenvalue weighted by atomic mass is 10.2. The van der Waals surface area contributed by atoms with Crippen LogP contribution in [0.5, 0.6) is 0 Å². The molecule has 1 saturated carbocycles. The molecule has 1 aliphatic carbocycles. The van der Waals surface area contributed by atoms with E-state index in [0.717, 1.165) is 5.82 Å². The summed E-state index contributed by atoms with van der Waals surface area (Å²) in [5, 5.41) is 4.15. The molecule has 5 heteroatoms. The summed E-state index contributed by atoms with van der Waals surface area (Å²) >= 11 is 12.3. The highest BCUT2D eigenvalue weighted by molar-refractivity contribution is 6.37. The summed E-state index contributed by atoms with van der Waals surface area (Å²) in [6.45, 7) is 0. The summed E-state index contributed by atoms with van der Waals surface area (Å²) in [6, 6.07) is 2.30. The molecule has 94 valence electrons. The van der Waals surface area contributed by atoms with Gasteiger partial charge in [-0.05, 0) is 18.9 Å². The van der Waals surface area contributed by atoms with E-state index in [-0.39, 0.29) is 0 Å². The highest BCUT2D eigenvalue weighted by Gasteiger charge is 2.23. The molecule has 0 bridgehead atoms. The first-order chi connectivity index (χ1) is 8.13. The van der Waals surface area contributed by atoms with Crippen molar-refractivity contribution in [2.24, 2.45) is 0 Å². The van der Waals surface area contributed by atoms with E-state index >= 15 is 0 Å². The van der Waals surface area contributed by atoms with Crippen molar-refractivity contribution >= 4 is 34.8 Å². The summed E-state index contributed by atoms with van der Waals surface area (Å²) in [5.74, 6) is 1.49. The monoisotopic (exact) mass is 273 g/mol. The van der Waals surface area contributed by atoms with Crippen molar-refractivity contribution in [1.29, 1.82) is 0 Å². The lowest BCUT2D eigenvalue weighted by Crippen LogP contribution is -2.30. The maximum absolute atomic E-state index is 6.22. The van der Waals surface area contributed by atoms with Gasteiger partial charge in [0.05, 0.1) is 10.0 Å². The van der Waals surface area contributed by atoms with Crippen LogP contribution in [0.15, 0.2) is 6.07 Å². The quantitative estimate of drug-likeness (QED) is 0.908. The Morgan fingerprint density at radius 1 is 1.29 bits per heavy atom. The molecule has 0 aliphatic heterocycles. The minimum Gasteiger partial charge on any atom is -0.372 e. The summed E-state index contributed by atoms with van der Waals surface area (Å²) in [4.78, 5) is 6.66. The molecule has 1 heterocycles. The number of aromatic nitrogens is 1. The van der Waals surface area contributed by atoms with Gasteiger partial charge in [0.25, 0.3) is 0 Å². The van der Waals surface area contributed by atoms with Crippen LogP contribution in [-0.4, -0.2) is 25.1 Å². The number of nitrogens with zero attached hydrogens (tertiary/aromatic N) is 2. The van der Waals surface area contributed by atoms with E-state index in [1.54, 1.807) is 6.07 Å². The first-order valence-electron chi connectivity index (χ1n) is 5.90. The van der Waals surface area contributed by atoms with E-state index in [2.05, 4.69) is 22.2 Å². The zero-order chi connectivity index (χ0) is 12.4. The molecule has 1 aliphatic rings. The fourth-order valence-electron chi connectivity index (χ4n) is 2.34. The molecule has 1 aromatic heterocycles. The zero-order valence-electron chi connectivity index (χ0n) is 10.1. The highest BCUT2D eigenvalue weighted by Crippen LogP contribution is 2.34. The Morgan fingerprint density at radius 2 is 1.94 bits per heavy atom. The maximum Gasteiger partial charge on any atom is 0.149 e. The lowest BCUT2D eigenvalue weighted by molar-refractivity contribution is 0.647. The molecule has 3 nitrogen and oxygen atoms in total. The van der Waals surface area contributed by atoms with Gasteiger partial charge in [0, 0.05) is 20.1 Å². The molecular weight excluding hydrogens is 257 g/mol. The van der Waals surface area contributed by atoms with Crippen LogP contribution < -0.4 is 10.2 Å². The first kappa shape index (κ1) is 12.8. The maximum atomic E-state index is 6.22. The van der Waals surface area contributed by atoms with E-state index in [1.807, 2.05) is 7.05 Å². The lowest BCUT2D eigenvalue weighted by Gasteiger charge is -2.26. The molecule has 0 radical (unpaired) electrons. The zero-order valence-corrected chi connectivity index (χ0v) is 11.6. The van der Waals surface area contributed by atoms with Crippen molar-refractivity contribution in [2.75, 3.05) is 24.3 Å². The average Bonchev–Trinajstić information content (AvgIpc) is 2.82. The smallest absolute Gasteiger partial charge is 0.149 e. The van der Waals surface area contributed by atoms with Gasteiger partial charge >= 0.3 is 0 Å². The Bertz CT molecular complexity index is 403. The van der Waals surface area contributed by atoms with Gasteiger partial charge in [-0.25, -0.2) is 4.98 Å². The van der Waals surface area contributed by atoms with E-state index < -0.39 is 0 Å². The highest BCUT2D eigenvalue weighted by atomic mass is 35.5. The Kier molecular flexibility index (Phi) is 4.00. The predicted octanol–water partition coefficient (Wildman–Crippen LogP) is 3.81. The fourth-order valence-corrected chi connectivity index (χ4v) is 2.93. The van der Waals surface area contributed by atoms with Crippen LogP contribution >= 0.6 is 23.2 Å². The number of anilines is 2. The van der Waals surface area contributed by atoms with Crippen LogP contribution in [-0.2, 0) is 0 Å². The molecule has 0 saturated heterocycles. The number of hydrogen-bond donors (Lipinski definition) is 1. The molecule has 1 N–H and O–H groups in total. The second-order valence-electron chi connectivity index (χ2n) is 4.42. The number of nitrogens with one attached hydrogen (secondary N) is 1. The second-order valence-corrected chi connectivity index (χ2v) is 5.24. The summed E-state index contributed by atoms with van der Waals surface area (Å²) in [5.41, 5.74) is 0. The summed E-state index contributed by atoms with van der Waals surface area (Å²) < 4.78 is 0. The van der Waals surface area contributed by atoms with Crippen LogP contribution in [0.2, 0.25) is 10.0 Å². The third kappa shape index (κ3) is 2.61. The van der Waals surface area contributed by atoms with Crippen LogP contribution in [0, 0.1) is 0 Å². The van der Waals surface area contributed by atoms with E-state index in [0.29, 0.717) is 21.9 Å². The topological polar surface area (TPSA) is 28.2 Å². The van der Waals surface area contributed by atoms with Crippen molar-refractivity contribution in [3.8, 4) is 0 Å². The first-order valence-corrected chi connectivity index (χ1v) is 6.65. The van der Waals surface area contributed by atoms with Gasteiger partial charge in [0.1, 0.15) is 11.6 Å². The van der Waals surface area contributed by atoms with E-state index in [9.17, 15) is 0 Å². The van der Waals surface area contributed by atoms with Crippen LogP contribution in [0.3, 0.4) is 0 Å². The number of halogens is 2. The third-order valence-corrected chi connectivity index (χ3v) is 3.92. The Labute approximate surface area is 112 Å². The third-order valence-electron chi connectivity index (χ3n) is 3.35. The van der Waals surface area contributed by atoms with Crippen molar-refractivity contribution in [3.63, 3.8) is 0 Å². The van der Waals surface area contributed by atoms with Gasteiger partial charge in [0.2, 0.25) is 0 Å².